The van der Waals surface area contributed by atoms with Gasteiger partial charge in [0.25, 0.3) is 5.56 Å². The number of ether oxygens (including phenoxy) is 2. The highest BCUT2D eigenvalue weighted by Gasteiger charge is 2.52. The molecule has 0 bridgehead atoms. The average Bonchev–Trinajstić information content (AvgIpc) is 3.56. The first kappa shape index (κ1) is 25.1. The Hall–Kier alpha value is -3.60. The molecular formula is C26H24F2N2O6S. The van der Waals surface area contributed by atoms with Crippen LogP contribution < -0.4 is 15.0 Å². The smallest absolute Gasteiger partial charge is 0.395 e. The maximum absolute atomic E-state index is 13.4. The number of Topliss-reactive ketones (excluding diaryl/α,β-unsaturated/α-hetero) is 1. The molecule has 1 fully saturated rings. The highest BCUT2D eigenvalue weighted by molar-refractivity contribution is 7.90. The van der Waals surface area contributed by atoms with E-state index >= 15 is 0 Å². The quantitative estimate of drug-likeness (QED) is 0.440. The number of rotatable bonds is 8. The van der Waals surface area contributed by atoms with Gasteiger partial charge >= 0.3 is 6.29 Å². The van der Waals surface area contributed by atoms with Crippen LogP contribution in [0.25, 0.3) is 11.3 Å². The minimum absolute atomic E-state index is 0.0206. The van der Waals surface area contributed by atoms with Crippen LogP contribution in [0.4, 0.5) is 8.78 Å². The third kappa shape index (κ3) is 5.13. The van der Waals surface area contributed by atoms with Crippen molar-refractivity contribution in [2.45, 2.75) is 44.4 Å². The first-order valence-corrected chi connectivity index (χ1v) is 13.7. The summed E-state index contributed by atoms with van der Waals surface area (Å²) in [5.74, 6) is -0.418. The lowest BCUT2D eigenvalue weighted by Gasteiger charge is -2.16. The molecule has 37 heavy (non-hydrogen) atoms. The summed E-state index contributed by atoms with van der Waals surface area (Å²) in [6.07, 6.45) is 0.166. The molecule has 0 radical (unpaired) electrons. The average molecular weight is 531 g/mol. The standard InChI is InChI=1S/C26H24F2N2O6S/c1-16-3-6-19(29-24(16)17-4-8-23(32)30(15-17)11-12-37(2,33)34)14-22(31)25(9-10-25)18-5-7-20-21(13-18)36-26(27,28)35-20/h3-8,13,15H,9-12,14H2,1-2H3. The maximum atomic E-state index is 13.4. The zero-order chi connectivity index (χ0) is 26.6. The number of alkyl halides is 2. The summed E-state index contributed by atoms with van der Waals surface area (Å²) in [6, 6.07) is 11.0. The van der Waals surface area contributed by atoms with E-state index in [1.807, 2.05) is 13.0 Å². The van der Waals surface area contributed by atoms with E-state index in [2.05, 4.69) is 14.5 Å². The molecule has 0 N–H and O–H groups in total. The van der Waals surface area contributed by atoms with Crippen molar-refractivity contribution < 1.29 is 31.5 Å². The number of carbonyl (C=O) groups excluding carboxylic acids is 1. The predicted molar refractivity (Wildman–Crippen MR) is 131 cm³/mol. The molecule has 0 unspecified atom stereocenters. The number of benzene rings is 1. The van der Waals surface area contributed by atoms with Crippen LogP contribution in [0.5, 0.6) is 11.5 Å². The highest BCUT2D eigenvalue weighted by atomic mass is 32.2. The van der Waals surface area contributed by atoms with E-state index < -0.39 is 21.5 Å². The van der Waals surface area contributed by atoms with Crippen LogP contribution in [-0.4, -0.2) is 42.1 Å². The largest absolute Gasteiger partial charge is 0.586 e. The number of halogens is 2. The normalized spacial score (nSPS) is 17.0. The van der Waals surface area contributed by atoms with Gasteiger partial charge in [0.2, 0.25) is 0 Å². The molecule has 1 aromatic carbocycles. The van der Waals surface area contributed by atoms with Gasteiger partial charge in [0.1, 0.15) is 15.6 Å². The van der Waals surface area contributed by atoms with E-state index in [-0.39, 0.29) is 41.6 Å². The molecule has 3 heterocycles. The van der Waals surface area contributed by atoms with Gasteiger partial charge in [-0.05, 0) is 55.2 Å². The summed E-state index contributed by atoms with van der Waals surface area (Å²) in [7, 11) is -3.25. The molecule has 0 atom stereocenters. The number of nitrogens with zero attached hydrogens (tertiary/aromatic N) is 2. The van der Waals surface area contributed by atoms with Crippen LogP contribution in [0.2, 0.25) is 0 Å². The second-order valence-corrected chi connectivity index (χ2v) is 11.8. The lowest BCUT2D eigenvalue weighted by Crippen LogP contribution is -2.26. The van der Waals surface area contributed by atoms with Crippen molar-refractivity contribution in [3.05, 3.63) is 75.8 Å². The fraction of sp³-hybridized carbons (Fsp3) is 0.346. The molecule has 2 aromatic heterocycles. The number of pyridine rings is 2. The third-order valence-electron chi connectivity index (χ3n) is 6.69. The van der Waals surface area contributed by atoms with Crippen molar-refractivity contribution >= 4 is 15.6 Å². The SMILES string of the molecule is Cc1ccc(CC(=O)C2(c3ccc4c(c3)OC(F)(F)O4)CC2)nc1-c1ccc(=O)n(CCS(C)(=O)=O)c1. The molecule has 194 valence electrons. The van der Waals surface area contributed by atoms with E-state index in [4.69, 9.17) is 0 Å². The van der Waals surface area contributed by atoms with Gasteiger partial charge in [0.05, 0.1) is 16.9 Å². The van der Waals surface area contributed by atoms with Gasteiger partial charge in [0, 0.05) is 42.7 Å². The summed E-state index contributed by atoms with van der Waals surface area (Å²) in [5, 5.41) is 0. The molecule has 3 aromatic rings. The molecule has 2 aliphatic rings. The summed E-state index contributed by atoms with van der Waals surface area (Å²) in [6.45, 7) is 1.87. The molecule has 5 rings (SSSR count). The van der Waals surface area contributed by atoms with Crippen molar-refractivity contribution in [2.24, 2.45) is 0 Å². The second-order valence-electron chi connectivity index (χ2n) is 9.56. The fourth-order valence-electron chi connectivity index (χ4n) is 4.50. The Bertz CT molecular complexity index is 1580. The molecule has 0 spiro atoms. The van der Waals surface area contributed by atoms with E-state index in [1.54, 1.807) is 24.4 Å². The van der Waals surface area contributed by atoms with Crippen molar-refractivity contribution in [1.82, 2.24) is 9.55 Å². The monoisotopic (exact) mass is 530 g/mol. The Morgan fingerprint density at radius 3 is 2.51 bits per heavy atom. The molecule has 8 nitrogen and oxygen atoms in total. The van der Waals surface area contributed by atoms with Gasteiger partial charge in [-0.15, -0.1) is 8.78 Å². The number of carbonyl (C=O) groups is 1. The number of aryl methyl sites for hydroxylation is 2. The van der Waals surface area contributed by atoms with E-state index in [9.17, 15) is 26.8 Å². The summed E-state index contributed by atoms with van der Waals surface area (Å²) < 4.78 is 60.2. The topological polar surface area (TPSA) is 105 Å². The van der Waals surface area contributed by atoms with Crippen LogP contribution >= 0.6 is 0 Å². The number of sulfone groups is 1. The van der Waals surface area contributed by atoms with Crippen LogP contribution in [0.3, 0.4) is 0 Å². The lowest BCUT2D eigenvalue weighted by molar-refractivity contribution is -0.286. The van der Waals surface area contributed by atoms with Crippen molar-refractivity contribution in [3.63, 3.8) is 0 Å². The Morgan fingerprint density at radius 1 is 1.08 bits per heavy atom. The van der Waals surface area contributed by atoms with Crippen LogP contribution in [0.1, 0.15) is 29.7 Å². The molecular weight excluding hydrogens is 506 g/mol. The van der Waals surface area contributed by atoms with Gasteiger partial charge in [-0.1, -0.05) is 12.1 Å². The van der Waals surface area contributed by atoms with Gasteiger partial charge in [-0.2, -0.15) is 0 Å². The maximum Gasteiger partial charge on any atom is 0.586 e. The molecule has 0 amide bonds. The van der Waals surface area contributed by atoms with Gasteiger partial charge in [-0.25, -0.2) is 8.42 Å². The van der Waals surface area contributed by atoms with E-state index in [0.717, 1.165) is 11.8 Å². The van der Waals surface area contributed by atoms with Crippen molar-refractivity contribution in [3.8, 4) is 22.8 Å². The molecule has 1 saturated carbocycles. The molecule has 1 aliphatic heterocycles. The summed E-state index contributed by atoms with van der Waals surface area (Å²) >= 11 is 0. The number of fused-ring (bicyclic) bond motifs is 1. The second kappa shape index (κ2) is 8.76. The van der Waals surface area contributed by atoms with Gasteiger partial charge in [0.15, 0.2) is 11.5 Å². The van der Waals surface area contributed by atoms with Gasteiger partial charge in [-0.3, -0.25) is 14.6 Å². The van der Waals surface area contributed by atoms with Crippen molar-refractivity contribution in [1.29, 1.82) is 0 Å². The number of hydrogen-bond donors (Lipinski definition) is 0. The first-order valence-electron chi connectivity index (χ1n) is 11.6. The predicted octanol–water partition coefficient (Wildman–Crippen LogP) is 3.43. The zero-order valence-electron chi connectivity index (χ0n) is 20.2. The Balaban J connectivity index is 1.38. The Morgan fingerprint density at radius 2 is 1.81 bits per heavy atom. The number of ketones is 1. The van der Waals surface area contributed by atoms with E-state index in [1.165, 1.54) is 22.8 Å². The van der Waals surface area contributed by atoms with Crippen LogP contribution in [0, 0.1) is 6.92 Å². The first-order chi connectivity index (χ1) is 17.4. The highest BCUT2D eigenvalue weighted by Crippen LogP contribution is 2.52. The summed E-state index contributed by atoms with van der Waals surface area (Å²) in [5.41, 5.74) is 2.03. The number of aromatic nitrogens is 2. The minimum Gasteiger partial charge on any atom is -0.395 e. The summed E-state index contributed by atoms with van der Waals surface area (Å²) in [4.78, 5) is 30.3. The third-order valence-corrected chi connectivity index (χ3v) is 7.62. The minimum atomic E-state index is -3.73. The molecule has 0 saturated heterocycles. The Labute approximate surface area is 211 Å². The molecule has 1 aliphatic carbocycles. The number of hydrogen-bond acceptors (Lipinski definition) is 7. The van der Waals surface area contributed by atoms with Gasteiger partial charge < -0.3 is 14.0 Å². The Kier molecular flexibility index (Phi) is 5.93. The van der Waals surface area contributed by atoms with Crippen molar-refractivity contribution in [2.75, 3.05) is 12.0 Å². The van der Waals surface area contributed by atoms with E-state index in [0.29, 0.717) is 35.4 Å². The van der Waals surface area contributed by atoms with Crippen LogP contribution in [0.15, 0.2) is 53.5 Å². The lowest BCUT2D eigenvalue weighted by atomic mass is 9.88. The zero-order valence-corrected chi connectivity index (χ0v) is 21.0. The fourth-order valence-corrected chi connectivity index (χ4v) is 5.03. The molecule has 11 heteroatoms. The van der Waals surface area contributed by atoms with Crippen LogP contribution in [-0.2, 0) is 33.0 Å².